The minimum absolute atomic E-state index is 0.110. The fraction of sp³-hybridized carbons (Fsp3) is 0.500. The predicted molar refractivity (Wildman–Crippen MR) is 64.7 cm³/mol. The summed E-state index contributed by atoms with van der Waals surface area (Å²) < 4.78 is 7.04. The van der Waals surface area contributed by atoms with Crippen molar-refractivity contribution in [3.63, 3.8) is 0 Å². The molecule has 0 spiro atoms. The summed E-state index contributed by atoms with van der Waals surface area (Å²) in [6, 6.07) is 0. The number of hydrogen-bond acceptors (Lipinski definition) is 8. The van der Waals surface area contributed by atoms with Crippen LogP contribution in [0.15, 0.2) is 12.7 Å². The highest BCUT2D eigenvalue weighted by Gasteiger charge is 2.43. The van der Waals surface area contributed by atoms with Gasteiger partial charge in [-0.3, -0.25) is 4.57 Å². The van der Waals surface area contributed by atoms with E-state index >= 15 is 0 Å². The van der Waals surface area contributed by atoms with E-state index in [4.69, 9.17) is 16.2 Å². The number of rotatable bonds is 2. The van der Waals surface area contributed by atoms with Crippen molar-refractivity contribution >= 4 is 17.0 Å². The van der Waals surface area contributed by atoms with Crippen LogP contribution < -0.4 is 11.5 Å². The molecule has 1 fully saturated rings. The van der Waals surface area contributed by atoms with E-state index in [1.54, 1.807) is 0 Å². The summed E-state index contributed by atoms with van der Waals surface area (Å²) in [4.78, 5) is 12.0. The molecule has 0 radical (unpaired) electrons. The van der Waals surface area contributed by atoms with Gasteiger partial charge in [0, 0.05) is 6.54 Å². The molecule has 102 valence electrons. The molecule has 0 saturated carbocycles. The van der Waals surface area contributed by atoms with Crippen molar-refractivity contribution in [2.75, 3.05) is 12.3 Å². The molecule has 9 nitrogen and oxygen atoms in total. The first-order chi connectivity index (χ1) is 9.13. The lowest BCUT2D eigenvalue weighted by atomic mass is 10.1. The number of nitrogens with zero attached hydrogens (tertiary/aromatic N) is 4. The number of nitrogens with two attached hydrogens (primary N) is 2. The van der Waals surface area contributed by atoms with Crippen LogP contribution in [-0.2, 0) is 4.74 Å². The van der Waals surface area contributed by atoms with Gasteiger partial charge in [-0.1, -0.05) is 0 Å². The van der Waals surface area contributed by atoms with E-state index in [0.29, 0.717) is 11.2 Å². The van der Waals surface area contributed by atoms with E-state index in [0.717, 1.165) is 0 Å². The van der Waals surface area contributed by atoms with Gasteiger partial charge in [0.15, 0.2) is 17.7 Å². The third-order valence-corrected chi connectivity index (χ3v) is 3.23. The van der Waals surface area contributed by atoms with Gasteiger partial charge in [0.1, 0.15) is 30.2 Å². The molecule has 2 aromatic rings. The molecule has 1 saturated heterocycles. The zero-order chi connectivity index (χ0) is 13.6. The average Bonchev–Trinajstić information content (AvgIpc) is 2.94. The minimum atomic E-state index is -1.11. The number of nitrogen functional groups attached to an aromatic ring is 1. The van der Waals surface area contributed by atoms with Crippen LogP contribution in [0.4, 0.5) is 5.82 Å². The zero-order valence-corrected chi connectivity index (χ0v) is 9.92. The Morgan fingerprint density at radius 3 is 2.74 bits per heavy atom. The van der Waals surface area contributed by atoms with Gasteiger partial charge < -0.3 is 26.4 Å². The Hall–Kier alpha value is -1.81. The lowest BCUT2D eigenvalue weighted by Gasteiger charge is -2.16. The Morgan fingerprint density at radius 2 is 2.05 bits per heavy atom. The van der Waals surface area contributed by atoms with E-state index in [1.165, 1.54) is 17.2 Å². The van der Waals surface area contributed by atoms with Gasteiger partial charge in [-0.2, -0.15) is 0 Å². The van der Waals surface area contributed by atoms with Crippen LogP contribution in [0.5, 0.6) is 0 Å². The van der Waals surface area contributed by atoms with Crippen LogP contribution in [0.3, 0.4) is 0 Å². The van der Waals surface area contributed by atoms with E-state index in [9.17, 15) is 10.2 Å². The molecule has 0 amide bonds. The van der Waals surface area contributed by atoms with E-state index in [1.807, 2.05) is 0 Å². The van der Waals surface area contributed by atoms with Crippen molar-refractivity contribution in [2.45, 2.75) is 24.5 Å². The number of aromatic nitrogens is 4. The normalized spacial score (nSPS) is 31.1. The standard InChI is InChI=1S/C10H14N6O3/c11-1-4-6(17)7(18)10(19-4)16-3-15-5-8(12)13-2-14-9(5)16/h2-4,6-7,10,17-18H,1,11H2,(H2,12,13,14)/t4-,6+,7+,10+/m0/s1. The molecule has 1 aliphatic heterocycles. The van der Waals surface area contributed by atoms with Crippen LogP contribution in [0.1, 0.15) is 6.23 Å². The maximum atomic E-state index is 10.0. The second kappa shape index (κ2) is 4.38. The molecule has 4 atom stereocenters. The first-order valence-corrected chi connectivity index (χ1v) is 5.78. The summed E-state index contributed by atoms with van der Waals surface area (Å²) in [5, 5.41) is 19.8. The van der Waals surface area contributed by atoms with Crippen LogP contribution >= 0.6 is 0 Å². The van der Waals surface area contributed by atoms with Crippen molar-refractivity contribution in [2.24, 2.45) is 5.73 Å². The Balaban J connectivity index is 2.04. The maximum absolute atomic E-state index is 10.0. The third kappa shape index (κ3) is 1.75. The molecule has 0 unspecified atom stereocenters. The number of ether oxygens (including phenoxy) is 1. The Morgan fingerprint density at radius 1 is 1.26 bits per heavy atom. The van der Waals surface area contributed by atoms with E-state index in [2.05, 4.69) is 15.0 Å². The number of aliphatic hydroxyl groups excluding tert-OH is 2. The van der Waals surface area contributed by atoms with Crippen LogP contribution in [-0.4, -0.2) is 54.6 Å². The van der Waals surface area contributed by atoms with Crippen LogP contribution in [0.25, 0.3) is 11.2 Å². The second-order valence-electron chi connectivity index (χ2n) is 4.36. The summed E-state index contributed by atoms with van der Waals surface area (Å²) >= 11 is 0. The summed E-state index contributed by atoms with van der Waals surface area (Å²) in [5.41, 5.74) is 12.0. The van der Waals surface area contributed by atoms with Crippen molar-refractivity contribution in [3.05, 3.63) is 12.7 Å². The number of hydrogen-bond donors (Lipinski definition) is 4. The van der Waals surface area contributed by atoms with Gasteiger partial charge in [-0.15, -0.1) is 0 Å². The molecule has 9 heteroatoms. The molecule has 3 heterocycles. The van der Waals surface area contributed by atoms with E-state index in [-0.39, 0.29) is 12.4 Å². The van der Waals surface area contributed by atoms with Gasteiger partial charge in [0.2, 0.25) is 0 Å². The lowest BCUT2D eigenvalue weighted by Crippen LogP contribution is -2.35. The predicted octanol–water partition coefficient (Wildman–Crippen LogP) is -2.01. The first kappa shape index (κ1) is 12.2. The largest absolute Gasteiger partial charge is 0.387 e. The van der Waals surface area contributed by atoms with Crippen molar-refractivity contribution in [1.82, 2.24) is 19.5 Å². The molecule has 1 aliphatic rings. The topological polar surface area (TPSA) is 145 Å². The molecule has 0 aliphatic carbocycles. The quantitative estimate of drug-likeness (QED) is 0.487. The van der Waals surface area contributed by atoms with Gasteiger partial charge in [0.25, 0.3) is 0 Å². The average molecular weight is 266 g/mol. The smallest absolute Gasteiger partial charge is 0.167 e. The molecular formula is C10H14N6O3. The Bertz CT molecular complexity index is 602. The van der Waals surface area contributed by atoms with Crippen molar-refractivity contribution < 1.29 is 14.9 Å². The number of aliphatic hydroxyl groups is 2. The highest BCUT2D eigenvalue weighted by Crippen LogP contribution is 2.31. The third-order valence-electron chi connectivity index (χ3n) is 3.23. The summed E-state index contributed by atoms with van der Waals surface area (Å²) in [5.74, 6) is 0.243. The minimum Gasteiger partial charge on any atom is -0.387 e. The van der Waals surface area contributed by atoms with Gasteiger partial charge in [-0.25, -0.2) is 15.0 Å². The number of anilines is 1. The van der Waals surface area contributed by atoms with Crippen LogP contribution in [0, 0.1) is 0 Å². The fourth-order valence-corrected chi connectivity index (χ4v) is 2.21. The fourth-order valence-electron chi connectivity index (χ4n) is 2.21. The second-order valence-corrected chi connectivity index (χ2v) is 4.36. The Kier molecular flexibility index (Phi) is 2.82. The zero-order valence-electron chi connectivity index (χ0n) is 9.92. The van der Waals surface area contributed by atoms with Gasteiger partial charge >= 0.3 is 0 Å². The molecule has 0 bridgehead atoms. The lowest BCUT2D eigenvalue weighted by molar-refractivity contribution is -0.0322. The number of fused-ring (bicyclic) bond motifs is 1. The molecule has 3 rings (SSSR count). The SMILES string of the molecule is NC[C@@H]1O[C@@H](n2cnc3c(N)ncnc32)[C@H](O)[C@@H]1O. The van der Waals surface area contributed by atoms with Gasteiger partial charge in [-0.05, 0) is 0 Å². The van der Waals surface area contributed by atoms with Crippen LogP contribution in [0.2, 0.25) is 0 Å². The van der Waals surface area contributed by atoms with Crippen molar-refractivity contribution in [1.29, 1.82) is 0 Å². The molecule has 6 N–H and O–H groups in total. The molecule has 0 aromatic carbocycles. The highest BCUT2D eigenvalue weighted by atomic mass is 16.6. The summed E-state index contributed by atoms with van der Waals surface area (Å²) in [6.07, 6.45) is -0.850. The first-order valence-electron chi connectivity index (χ1n) is 5.78. The molecule has 19 heavy (non-hydrogen) atoms. The Labute approximate surface area is 107 Å². The van der Waals surface area contributed by atoms with Crippen molar-refractivity contribution in [3.8, 4) is 0 Å². The summed E-state index contributed by atoms with van der Waals surface area (Å²) in [6.45, 7) is 0.110. The molecule has 2 aromatic heterocycles. The number of imidazole rings is 1. The maximum Gasteiger partial charge on any atom is 0.167 e. The van der Waals surface area contributed by atoms with E-state index < -0.39 is 24.5 Å². The summed E-state index contributed by atoms with van der Waals surface area (Å²) in [7, 11) is 0. The highest BCUT2D eigenvalue weighted by molar-refractivity contribution is 5.81. The monoisotopic (exact) mass is 266 g/mol. The van der Waals surface area contributed by atoms with Gasteiger partial charge in [0.05, 0.1) is 6.33 Å². The molecular weight excluding hydrogens is 252 g/mol.